The van der Waals surface area contributed by atoms with Gasteiger partial charge in [-0.1, -0.05) is 20.8 Å². The quantitative estimate of drug-likeness (QED) is 0.450. The van der Waals surface area contributed by atoms with Crippen molar-refractivity contribution in [1.82, 2.24) is 10.6 Å². The zero-order chi connectivity index (χ0) is 21.5. The molecule has 3 N–H and O–H groups in total. The van der Waals surface area contributed by atoms with Crippen LogP contribution in [0.4, 0.5) is 0 Å². The van der Waals surface area contributed by atoms with Crippen molar-refractivity contribution in [2.45, 2.75) is 92.2 Å². The number of hydrogen-bond donors (Lipinski definition) is 3. The molecule has 0 aliphatic rings. The van der Waals surface area contributed by atoms with Gasteiger partial charge in [-0.15, -0.1) is 0 Å². The van der Waals surface area contributed by atoms with Crippen LogP contribution in [0.15, 0.2) is 0 Å². The first-order valence-corrected chi connectivity index (χ1v) is 9.95. The van der Waals surface area contributed by atoms with Crippen LogP contribution < -0.4 is 10.6 Å². The molecule has 0 aromatic heterocycles. The van der Waals surface area contributed by atoms with Crippen LogP contribution in [0.2, 0.25) is 0 Å². The number of hydrogen-bond acceptors (Lipinski definition) is 4. The van der Waals surface area contributed by atoms with Gasteiger partial charge in [0.2, 0.25) is 5.91 Å². The first-order valence-electron chi connectivity index (χ1n) is 9.95. The second kappa shape index (κ2) is 9.87. The Bertz CT molecular complexity index is 500. The molecule has 1 atom stereocenters. The maximum absolute atomic E-state index is 12.6. The minimum atomic E-state index is -0.942. The number of ether oxygens (including phenoxy) is 1. The Morgan fingerprint density at radius 3 is 1.96 bits per heavy atom. The third-order valence-electron chi connectivity index (χ3n) is 5.62. The van der Waals surface area contributed by atoms with Gasteiger partial charge >= 0.3 is 5.97 Å². The fraction of sp³-hybridized carbons (Fsp3) is 0.905. The Kier molecular flexibility index (Phi) is 9.46. The van der Waals surface area contributed by atoms with Crippen molar-refractivity contribution in [3.63, 3.8) is 0 Å². The number of carbonyl (C=O) groups excluding carboxylic acids is 1. The SMILES string of the molecule is CCC(C)(CCNC(=O)C(C)(C)CC(C)(C)C(=O)O)OCCC(C)(C)NC. The molecule has 1 unspecified atom stereocenters. The van der Waals surface area contributed by atoms with Crippen molar-refractivity contribution in [2.75, 3.05) is 20.2 Å². The molecule has 0 radical (unpaired) electrons. The topological polar surface area (TPSA) is 87.7 Å². The predicted molar refractivity (Wildman–Crippen MR) is 110 cm³/mol. The average Bonchev–Trinajstić information content (AvgIpc) is 2.53. The highest BCUT2D eigenvalue weighted by atomic mass is 16.5. The van der Waals surface area contributed by atoms with Gasteiger partial charge in [-0.05, 0) is 67.3 Å². The van der Waals surface area contributed by atoms with Crippen LogP contribution in [0.25, 0.3) is 0 Å². The number of nitrogens with one attached hydrogen (secondary N) is 2. The van der Waals surface area contributed by atoms with E-state index in [1.54, 1.807) is 27.7 Å². The lowest BCUT2D eigenvalue weighted by atomic mass is 9.74. The molecule has 6 nitrogen and oxygen atoms in total. The Morgan fingerprint density at radius 2 is 1.52 bits per heavy atom. The number of rotatable bonds is 13. The van der Waals surface area contributed by atoms with E-state index < -0.39 is 16.8 Å². The van der Waals surface area contributed by atoms with Crippen molar-refractivity contribution in [1.29, 1.82) is 0 Å². The first-order chi connectivity index (χ1) is 12.1. The number of carboxylic acids is 1. The minimum Gasteiger partial charge on any atom is -0.481 e. The van der Waals surface area contributed by atoms with Gasteiger partial charge in [-0.25, -0.2) is 0 Å². The van der Waals surface area contributed by atoms with Crippen LogP contribution in [0, 0.1) is 10.8 Å². The zero-order valence-electron chi connectivity index (χ0n) is 18.9. The summed E-state index contributed by atoms with van der Waals surface area (Å²) in [5, 5.41) is 15.5. The van der Waals surface area contributed by atoms with Crippen LogP contribution in [0.1, 0.15) is 81.1 Å². The van der Waals surface area contributed by atoms with Gasteiger partial charge in [-0.3, -0.25) is 9.59 Å². The van der Waals surface area contributed by atoms with Crippen LogP contribution >= 0.6 is 0 Å². The van der Waals surface area contributed by atoms with Gasteiger partial charge in [0.25, 0.3) is 0 Å². The lowest BCUT2D eigenvalue weighted by molar-refractivity contribution is -0.149. The minimum absolute atomic E-state index is 0.0316. The van der Waals surface area contributed by atoms with E-state index in [0.29, 0.717) is 19.6 Å². The first kappa shape index (κ1) is 25.9. The van der Waals surface area contributed by atoms with E-state index in [9.17, 15) is 14.7 Å². The van der Waals surface area contributed by atoms with E-state index in [0.717, 1.165) is 12.8 Å². The molecular formula is C21H42N2O4. The van der Waals surface area contributed by atoms with E-state index >= 15 is 0 Å². The molecule has 0 aromatic carbocycles. The molecule has 160 valence electrons. The largest absolute Gasteiger partial charge is 0.481 e. The average molecular weight is 387 g/mol. The Hall–Kier alpha value is -1.14. The third-order valence-corrected chi connectivity index (χ3v) is 5.62. The second-order valence-corrected chi connectivity index (χ2v) is 9.79. The number of carbonyl (C=O) groups is 2. The van der Waals surface area contributed by atoms with E-state index in [-0.39, 0.29) is 23.5 Å². The van der Waals surface area contributed by atoms with Gasteiger partial charge in [0, 0.05) is 24.1 Å². The highest BCUT2D eigenvalue weighted by Gasteiger charge is 2.39. The van der Waals surface area contributed by atoms with Crippen molar-refractivity contribution >= 4 is 11.9 Å². The molecule has 6 heteroatoms. The molecule has 0 rings (SSSR count). The summed E-state index contributed by atoms with van der Waals surface area (Å²) in [6, 6.07) is 0. The van der Waals surface area contributed by atoms with Crippen LogP contribution in [0.5, 0.6) is 0 Å². The van der Waals surface area contributed by atoms with E-state index in [1.807, 2.05) is 7.05 Å². The molecule has 1 amide bonds. The van der Waals surface area contributed by atoms with Gasteiger partial charge in [0.05, 0.1) is 11.0 Å². The maximum Gasteiger partial charge on any atom is 0.309 e. The fourth-order valence-electron chi connectivity index (χ4n) is 2.97. The second-order valence-electron chi connectivity index (χ2n) is 9.79. The molecule has 0 fully saturated rings. The zero-order valence-corrected chi connectivity index (χ0v) is 18.9. The molecule has 0 bridgehead atoms. The van der Waals surface area contributed by atoms with Gasteiger partial charge in [-0.2, -0.15) is 0 Å². The lowest BCUT2D eigenvalue weighted by Crippen LogP contribution is -2.44. The molecular weight excluding hydrogens is 344 g/mol. The highest BCUT2D eigenvalue weighted by molar-refractivity contribution is 5.83. The Labute approximate surface area is 165 Å². The number of amides is 1. The summed E-state index contributed by atoms with van der Waals surface area (Å²) in [6.45, 7) is 16.5. The molecule has 0 aliphatic heterocycles. The molecule has 0 saturated heterocycles. The summed E-state index contributed by atoms with van der Waals surface area (Å²) in [5.41, 5.74) is -1.95. The van der Waals surface area contributed by atoms with Crippen molar-refractivity contribution in [3.05, 3.63) is 0 Å². The standard InChI is InChI=1S/C21H42N2O4/c1-10-21(8,27-14-12-20(6,7)22-9)11-13-23-16(24)18(2,3)15-19(4,5)17(25)26/h22H,10-15H2,1-9H3,(H,23,24)(H,25,26). The van der Waals surface area contributed by atoms with E-state index in [4.69, 9.17) is 4.74 Å². The Morgan fingerprint density at radius 1 is 0.963 bits per heavy atom. The van der Waals surface area contributed by atoms with Gasteiger partial charge < -0.3 is 20.5 Å². The molecule has 0 saturated carbocycles. The summed E-state index contributed by atoms with van der Waals surface area (Å²) < 4.78 is 6.13. The van der Waals surface area contributed by atoms with E-state index in [1.165, 1.54) is 0 Å². The molecule has 0 aromatic rings. The lowest BCUT2D eigenvalue weighted by Gasteiger charge is -2.33. The molecule has 0 aliphatic carbocycles. The van der Waals surface area contributed by atoms with Crippen molar-refractivity contribution in [2.24, 2.45) is 10.8 Å². The Balaban J connectivity index is 4.59. The number of aliphatic carboxylic acids is 1. The molecule has 0 spiro atoms. The predicted octanol–water partition coefficient (Wildman–Crippen LogP) is 3.59. The third kappa shape index (κ3) is 9.06. The van der Waals surface area contributed by atoms with Crippen LogP contribution in [0.3, 0.4) is 0 Å². The summed E-state index contributed by atoms with van der Waals surface area (Å²) in [6.07, 6.45) is 2.76. The molecule has 27 heavy (non-hydrogen) atoms. The van der Waals surface area contributed by atoms with Crippen molar-refractivity contribution < 1.29 is 19.4 Å². The van der Waals surface area contributed by atoms with Crippen LogP contribution in [-0.4, -0.2) is 48.3 Å². The summed E-state index contributed by atoms with van der Waals surface area (Å²) >= 11 is 0. The summed E-state index contributed by atoms with van der Waals surface area (Å²) in [7, 11) is 1.95. The monoisotopic (exact) mass is 386 g/mol. The smallest absolute Gasteiger partial charge is 0.309 e. The highest BCUT2D eigenvalue weighted by Crippen LogP contribution is 2.34. The van der Waals surface area contributed by atoms with E-state index in [2.05, 4.69) is 38.3 Å². The summed E-state index contributed by atoms with van der Waals surface area (Å²) in [5.74, 6) is -1.01. The van der Waals surface area contributed by atoms with Gasteiger partial charge in [0.1, 0.15) is 0 Å². The number of carboxylic acid groups (broad SMARTS) is 1. The van der Waals surface area contributed by atoms with Crippen LogP contribution in [-0.2, 0) is 14.3 Å². The summed E-state index contributed by atoms with van der Waals surface area (Å²) in [4.78, 5) is 23.9. The maximum atomic E-state index is 12.6. The fourth-order valence-corrected chi connectivity index (χ4v) is 2.97. The normalized spacial score (nSPS) is 15.3. The molecule has 0 heterocycles. The van der Waals surface area contributed by atoms with Crippen molar-refractivity contribution in [3.8, 4) is 0 Å². The van der Waals surface area contributed by atoms with Gasteiger partial charge in [0.15, 0.2) is 0 Å².